The average Bonchev–Trinajstić information content (AvgIpc) is 2.80. The number of amides is 1. The van der Waals surface area contributed by atoms with Gasteiger partial charge >= 0.3 is 5.69 Å². The zero-order chi connectivity index (χ0) is 23.7. The normalized spacial score (nSPS) is 14.6. The number of aromatic amines is 1. The van der Waals surface area contributed by atoms with Crippen molar-refractivity contribution >= 4 is 34.1 Å². The van der Waals surface area contributed by atoms with E-state index in [0.717, 1.165) is 10.3 Å². The van der Waals surface area contributed by atoms with Gasteiger partial charge in [-0.2, -0.15) is 0 Å². The van der Waals surface area contributed by atoms with Crippen molar-refractivity contribution in [3.8, 4) is 0 Å². The van der Waals surface area contributed by atoms with E-state index >= 15 is 0 Å². The molecule has 2 aromatic heterocycles. The van der Waals surface area contributed by atoms with E-state index in [1.807, 2.05) is 0 Å². The predicted octanol–water partition coefficient (Wildman–Crippen LogP) is 1.58. The summed E-state index contributed by atoms with van der Waals surface area (Å²) < 4.78 is 15.8. The van der Waals surface area contributed by atoms with Gasteiger partial charge in [-0.3, -0.25) is 19.1 Å². The van der Waals surface area contributed by atoms with E-state index in [1.165, 1.54) is 19.2 Å². The van der Waals surface area contributed by atoms with Crippen LogP contribution in [-0.4, -0.2) is 58.6 Å². The number of rotatable bonds is 5. The minimum Gasteiger partial charge on any atom is -0.366 e. The molecular formula is C22H24ClFN6O3. The van der Waals surface area contributed by atoms with Gasteiger partial charge < -0.3 is 15.2 Å². The van der Waals surface area contributed by atoms with E-state index in [0.29, 0.717) is 43.8 Å². The van der Waals surface area contributed by atoms with Crippen molar-refractivity contribution in [2.75, 3.05) is 38.1 Å². The van der Waals surface area contributed by atoms with Crippen molar-refractivity contribution in [3.05, 3.63) is 67.3 Å². The average molecular weight is 475 g/mol. The molecule has 9 nitrogen and oxygen atoms in total. The van der Waals surface area contributed by atoms with E-state index in [4.69, 9.17) is 11.6 Å². The van der Waals surface area contributed by atoms with E-state index < -0.39 is 17.1 Å². The highest BCUT2D eigenvalue weighted by atomic mass is 35.5. The van der Waals surface area contributed by atoms with Crippen LogP contribution in [0.4, 0.5) is 10.1 Å². The van der Waals surface area contributed by atoms with Crippen LogP contribution in [0.3, 0.4) is 0 Å². The maximum atomic E-state index is 14.8. The van der Waals surface area contributed by atoms with E-state index in [-0.39, 0.29) is 28.7 Å². The second kappa shape index (κ2) is 9.32. The summed E-state index contributed by atoms with van der Waals surface area (Å²) in [5.41, 5.74) is 0.733. The zero-order valence-electron chi connectivity index (χ0n) is 18.3. The molecule has 33 heavy (non-hydrogen) atoms. The number of halogens is 2. The maximum Gasteiger partial charge on any atom is 0.328 e. The molecule has 1 aliphatic heterocycles. The summed E-state index contributed by atoms with van der Waals surface area (Å²) >= 11 is 6.30. The molecule has 0 spiro atoms. The minimum absolute atomic E-state index is 0.157. The number of H-pyrrole nitrogens is 1. The Labute approximate surface area is 193 Å². The van der Waals surface area contributed by atoms with Gasteiger partial charge in [-0.05, 0) is 31.2 Å². The van der Waals surface area contributed by atoms with Gasteiger partial charge in [0.25, 0.3) is 11.5 Å². The Hall–Kier alpha value is -3.24. The molecule has 0 unspecified atom stereocenters. The third-order valence-corrected chi connectivity index (χ3v) is 6.14. The van der Waals surface area contributed by atoms with Gasteiger partial charge in [0.05, 0.1) is 16.6 Å². The maximum absolute atomic E-state index is 14.8. The van der Waals surface area contributed by atoms with Gasteiger partial charge in [0.15, 0.2) is 5.15 Å². The Morgan fingerprint density at radius 1 is 1.21 bits per heavy atom. The van der Waals surface area contributed by atoms with Crippen molar-refractivity contribution in [2.45, 2.75) is 20.0 Å². The molecule has 1 fully saturated rings. The van der Waals surface area contributed by atoms with E-state index in [2.05, 4.69) is 25.1 Å². The monoisotopic (exact) mass is 474 g/mol. The van der Waals surface area contributed by atoms with Crippen molar-refractivity contribution in [1.82, 2.24) is 24.8 Å². The number of nitrogens with zero attached hydrogens (tertiary/aromatic N) is 4. The van der Waals surface area contributed by atoms with Crippen LogP contribution in [0, 0.1) is 5.82 Å². The number of hydrogen-bond donors (Lipinski definition) is 2. The Morgan fingerprint density at radius 2 is 1.94 bits per heavy atom. The molecule has 174 valence electrons. The van der Waals surface area contributed by atoms with Crippen molar-refractivity contribution in [2.24, 2.45) is 0 Å². The first-order valence-corrected chi connectivity index (χ1v) is 11.0. The lowest BCUT2D eigenvalue weighted by molar-refractivity contribution is 0.0958. The molecule has 3 aromatic rings. The molecule has 3 heterocycles. The third kappa shape index (κ3) is 4.49. The molecule has 1 aromatic carbocycles. The standard InChI is InChI=1S/C22H24ClFN6O3/c1-3-30-21(32)14-11-15(24)13(10-17(14)27-22(30)33)12-28-6-8-29(9-7-28)18-5-4-16(20(31)25-2)26-19(18)23/h4-5,10-11H,3,6-9,12H2,1-2H3,(H,25,31)(H,27,33). The second-order valence-corrected chi connectivity index (χ2v) is 8.18. The number of anilines is 1. The molecule has 0 radical (unpaired) electrons. The first-order valence-electron chi connectivity index (χ1n) is 10.6. The number of aromatic nitrogens is 3. The Bertz CT molecular complexity index is 1330. The molecule has 1 saturated heterocycles. The predicted molar refractivity (Wildman–Crippen MR) is 125 cm³/mol. The van der Waals surface area contributed by atoms with Gasteiger partial charge in [-0.15, -0.1) is 0 Å². The third-order valence-electron chi connectivity index (χ3n) is 5.86. The molecule has 0 atom stereocenters. The van der Waals surface area contributed by atoms with Crippen LogP contribution >= 0.6 is 11.6 Å². The van der Waals surface area contributed by atoms with Crippen LogP contribution < -0.4 is 21.5 Å². The van der Waals surface area contributed by atoms with Gasteiger partial charge in [-0.25, -0.2) is 14.2 Å². The molecule has 4 rings (SSSR count). The van der Waals surface area contributed by atoms with Crippen LogP contribution in [0.1, 0.15) is 23.0 Å². The summed E-state index contributed by atoms with van der Waals surface area (Å²) in [7, 11) is 1.53. The van der Waals surface area contributed by atoms with Crippen LogP contribution in [0.5, 0.6) is 0 Å². The fraction of sp³-hybridized carbons (Fsp3) is 0.364. The van der Waals surface area contributed by atoms with Gasteiger partial charge in [-0.1, -0.05) is 11.6 Å². The van der Waals surface area contributed by atoms with Gasteiger partial charge in [0.1, 0.15) is 11.5 Å². The van der Waals surface area contributed by atoms with Crippen molar-refractivity contribution in [1.29, 1.82) is 0 Å². The fourth-order valence-electron chi connectivity index (χ4n) is 4.03. The lowest BCUT2D eigenvalue weighted by Gasteiger charge is -2.36. The number of nitrogens with one attached hydrogen (secondary N) is 2. The zero-order valence-corrected chi connectivity index (χ0v) is 19.1. The first-order chi connectivity index (χ1) is 15.8. The molecule has 0 bridgehead atoms. The van der Waals surface area contributed by atoms with Crippen LogP contribution in [0.2, 0.25) is 5.15 Å². The Balaban J connectivity index is 1.48. The lowest BCUT2D eigenvalue weighted by atomic mass is 10.1. The second-order valence-electron chi connectivity index (χ2n) is 7.82. The highest BCUT2D eigenvalue weighted by molar-refractivity contribution is 6.32. The number of hydrogen-bond acceptors (Lipinski definition) is 6. The van der Waals surface area contributed by atoms with Crippen LogP contribution in [0.15, 0.2) is 33.9 Å². The Kier molecular flexibility index (Phi) is 6.48. The van der Waals surface area contributed by atoms with Gasteiger partial charge in [0.2, 0.25) is 0 Å². The summed E-state index contributed by atoms with van der Waals surface area (Å²) in [5.74, 6) is -0.783. The molecular weight excluding hydrogens is 451 g/mol. The summed E-state index contributed by atoms with van der Waals surface area (Å²) in [6, 6.07) is 6.14. The molecule has 0 aliphatic carbocycles. The molecule has 2 N–H and O–H groups in total. The SMILES string of the molecule is CCn1c(=O)[nH]c2cc(CN3CCN(c4ccc(C(=O)NC)nc4Cl)CC3)c(F)cc2c1=O. The highest BCUT2D eigenvalue weighted by Gasteiger charge is 2.22. The Morgan fingerprint density at radius 3 is 2.58 bits per heavy atom. The smallest absolute Gasteiger partial charge is 0.328 e. The summed E-state index contributed by atoms with van der Waals surface area (Å²) in [4.78, 5) is 47.3. The van der Waals surface area contributed by atoms with Crippen LogP contribution in [0.25, 0.3) is 10.9 Å². The molecule has 1 aliphatic rings. The van der Waals surface area contributed by atoms with Crippen molar-refractivity contribution in [3.63, 3.8) is 0 Å². The van der Waals surface area contributed by atoms with E-state index in [1.54, 1.807) is 19.1 Å². The number of fused-ring (bicyclic) bond motifs is 1. The summed E-state index contributed by atoms with van der Waals surface area (Å²) in [6.45, 7) is 4.84. The highest BCUT2D eigenvalue weighted by Crippen LogP contribution is 2.26. The number of benzene rings is 1. The number of pyridine rings is 1. The van der Waals surface area contributed by atoms with Crippen molar-refractivity contribution < 1.29 is 9.18 Å². The minimum atomic E-state index is -0.505. The number of carbonyl (C=O) groups is 1. The first kappa shape index (κ1) is 22.9. The quantitative estimate of drug-likeness (QED) is 0.544. The number of carbonyl (C=O) groups excluding carboxylic acids is 1. The molecule has 1 amide bonds. The van der Waals surface area contributed by atoms with Gasteiger partial charge in [0, 0.05) is 51.9 Å². The fourth-order valence-corrected chi connectivity index (χ4v) is 4.31. The van der Waals surface area contributed by atoms with E-state index in [9.17, 15) is 18.8 Å². The summed E-state index contributed by atoms with van der Waals surface area (Å²) in [5, 5.41) is 2.93. The van der Waals surface area contributed by atoms with Crippen LogP contribution in [-0.2, 0) is 13.1 Å². The lowest BCUT2D eigenvalue weighted by Crippen LogP contribution is -2.46. The molecule has 0 saturated carbocycles. The summed E-state index contributed by atoms with van der Waals surface area (Å²) in [6.07, 6.45) is 0. The topological polar surface area (TPSA) is 103 Å². The largest absolute Gasteiger partial charge is 0.366 e. The number of piperazine rings is 1. The molecule has 11 heteroatoms.